The second-order valence-electron chi connectivity index (χ2n) is 5.70. The molecule has 0 aliphatic heterocycles. The summed E-state index contributed by atoms with van der Waals surface area (Å²) >= 11 is 0. The Morgan fingerprint density at radius 2 is 1.40 bits per heavy atom. The third-order valence-corrected chi connectivity index (χ3v) is 4.39. The van der Waals surface area contributed by atoms with Gasteiger partial charge in [-0.2, -0.15) is 0 Å². The number of ether oxygens (including phenoxy) is 1. The van der Waals surface area contributed by atoms with Crippen LogP contribution in [-0.4, -0.2) is 18.3 Å². The molecule has 2 heteroatoms. The van der Waals surface area contributed by atoms with Crippen molar-refractivity contribution >= 4 is 0 Å². The van der Waals surface area contributed by atoms with E-state index in [2.05, 4.69) is 62.4 Å². The first-order valence-electron chi connectivity index (χ1n) is 6.96. The minimum Gasteiger partial charge on any atom is -0.389 e. The van der Waals surface area contributed by atoms with E-state index < -0.39 is 11.7 Å². The minimum atomic E-state index is -0.594. The van der Waals surface area contributed by atoms with Crippen molar-refractivity contribution in [2.75, 3.05) is 7.11 Å². The molecule has 1 saturated carbocycles. The van der Waals surface area contributed by atoms with Gasteiger partial charge in [0.05, 0.1) is 6.10 Å². The molecule has 2 unspecified atom stereocenters. The highest BCUT2D eigenvalue weighted by atomic mass is 16.5. The van der Waals surface area contributed by atoms with Gasteiger partial charge in [0.15, 0.2) is 0 Å². The predicted octanol–water partition coefficient (Wildman–Crippen LogP) is 3.30. The van der Waals surface area contributed by atoms with Crippen molar-refractivity contribution in [3.05, 3.63) is 70.8 Å². The Labute approximate surface area is 120 Å². The van der Waals surface area contributed by atoms with E-state index in [1.807, 2.05) is 0 Å². The monoisotopic (exact) mass is 268 g/mol. The molecule has 0 amide bonds. The van der Waals surface area contributed by atoms with E-state index in [1.165, 1.54) is 11.1 Å². The lowest BCUT2D eigenvalue weighted by atomic mass is 9.99. The van der Waals surface area contributed by atoms with Gasteiger partial charge in [-0.15, -0.1) is 0 Å². The minimum absolute atomic E-state index is 0.0100. The molecule has 3 atom stereocenters. The molecule has 1 N–H and O–H groups in total. The lowest BCUT2D eigenvalue weighted by Crippen LogP contribution is -2.16. The molecular weight excluding hydrogens is 248 g/mol. The van der Waals surface area contributed by atoms with Crippen LogP contribution in [0.25, 0.3) is 0 Å². The number of hydrogen-bond acceptors (Lipinski definition) is 2. The van der Waals surface area contributed by atoms with Crippen LogP contribution in [0.15, 0.2) is 48.5 Å². The quantitative estimate of drug-likeness (QED) is 0.925. The molecule has 3 rings (SSSR count). The molecule has 0 heterocycles. The molecule has 0 radical (unpaired) electrons. The SMILES string of the molecule is COC1(c2ccc(C)cc2)C(O)[C@@H]1c1ccc(C)cc1. The molecule has 20 heavy (non-hydrogen) atoms. The molecule has 1 aliphatic carbocycles. The summed E-state index contributed by atoms with van der Waals surface area (Å²) in [5.74, 6) is 0.0100. The number of aliphatic hydroxyl groups excluding tert-OH is 1. The van der Waals surface area contributed by atoms with Crippen LogP contribution in [0.3, 0.4) is 0 Å². The summed E-state index contributed by atoms with van der Waals surface area (Å²) < 4.78 is 5.73. The van der Waals surface area contributed by atoms with Crippen molar-refractivity contribution in [3.63, 3.8) is 0 Å². The summed E-state index contributed by atoms with van der Waals surface area (Å²) in [6.07, 6.45) is -0.488. The largest absolute Gasteiger partial charge is 0.389 e. The molecule has 0 spiro atoms. The van der Waals surface area contributed by atoms with Gasteiger partial charge in [-0.05, 0) is 25.0 Å². The zero-order valence-electron chi connectivity index (χ0n) is 12.1. The predicted molar refractivity (Wildman–Crippen MR) is 79.8 cm³/mol. The van der Waals surface area contributed by atoms with Gasteiger partial charge in [0, 0.05) is 13.0 Å². The van der Waals surface area contributed by atoms with Crippen LogP contribution < -0.4 is 0 Å². The topological polar surface area (TPSA) is 29.5 Å². The molecule has 1 fully saturated rings. The summed E-state index contributed by atoms with van der Waals surface area (Å²) in [5, 5.41) is 10.5. The zero-order valence-corrected chi connectivity index (χ0v) is 12.1. The molecule has 2 nitrogen and oxygen atoms in total. The fourth-order valence-corrected chi connectivity index (χ4v) is 3.08. The van der Waals surface area contributed by atoms with Gasteiger partial charge >= 0.3 is 0 Å². The maximum Gasteiger partial charge on any atom is 0.129 e. The van der Waals surface area contributed by atoms with E-state index in [1.54, 1.807) is 7.11 Å². The van der Waals surface area contributed by atoms with Crippen LogP contribution in [0.4, 0.5) is 0 Å². The van der Waals surface area contributed by atoms with Crippen LogP contribution in [0.1, 0.15) is 28.2 Å². The molecule has 0 bridgehead atoms. The number of rotatable bonds is 3. The Morgan fingerprint density at radius 1 is 0.900 bits per heavy atom. The van der Waals surface area contributed by atoms with Gasteiger partial charge in [-0.25, -0.2) is 0 Å². The van der Waals surface area contributed by atoms with Crippen LogP contribution >= 0.6 is 0 Å². The van der Waals surface area contributed by atoms with Gasteiger partial charge in [0.1, 0.15) is 5.60 Å². The fourth-order valence-electron chi connectivity index (χ4n) is 3.08. The number of aliphatic hydroxyl groups is 1. The second-order valence-corrected chi connectivity index (χ2v) is 5.70. The van der Waals surface area contributed by atoms with E-state index in [0.29, 0.717) is 0 Å². The average molecular weight is 268 g/mol. The normalized spacial score (nSPS) is 28.4. The molecular formula is C18H20O2. The third kappa shape index (κ3) is 1.88. The van der Waals surface area contributed by atoms with E-state index in [-0.39, 0.29) is 5.92 Å². The maximum absolute atomic E-state index is 10.5. The van der Waals surface area contributed by atoms with Crippen molar-refractivity contribution in [2.45, 2.75) is 31.5 Å². The van der Waals surface area contributed by atoms with E-state index in [9.17, 15) is 5.11 Å². The molecule has 104 valence electrons. The summed E-state index contributed by atoms with van der Waals surface area (Å²) in [7, 11) is 1.68. The Kier molecular flexibility index (Phi) is 3.15. The highest BCUT2D eigenvalue weighted by Crippen LogP contribution is 2.60. The molecule has 2 aromatic rings. The van der Waals surface area contributed by atoms with Crippen molar-refractivity contribution in [1.29, 1.82) is 0 Å². The van der Waals surface area contributed by atoms with Crippen molar-refractivity contribution in [2.24, 2.45) is 0 Å². The number of benzene rings is 2. The fraction of sp³-hybridized carbons (Fsp3) is 0.333. The first-order chi connectivity index (χ1) is 9.59. The molecule has 1 aliphatic rings. The molecule has 2 aromatic carbocycles. The zero-order chi connectivity index (χ0) is 14.3. The Morgan fingerprint density at radius 3 is 1.90 bits per heavy atom. The highest BCUT2D eigenvalue weighted by Gasteiger charge is 2.67. The third-order valence-electron chi connectivity index (χ3n) is 4.39. The first-order valence-corrected chi connectivity index (χ1v) is 6.96. The molecule has 0 saturated heterocycles. The average Bonchev–Trinajstić information content (AvgIpc) is 3.06. The van der Waals surface area contributed by atoms with Gasteiger partial charge in [0.2, 0.25) is 0 Å². The number of methoxy groups -OCH3 is 1. The molecule has 0 aromatic heterocycles. The first kappa shape index (κ1) is 13.3. The van der Waals surface area contributed by atoms with Crippen LogP contribution in [0.5, 0.6) is 0 Å². The summed E-state index contributed by atoms with van der Waals surface area (Å²) in [4.78, 5) is 0. The number of aryl methyl sites for hydroxylation is 2. The van der Waals surface area contributed by atoms with Crippen LogP contribution in [-0.2, 0) is 10.3 Å². The summed E-state index contributed by atoms with van der Waals surface area (Å²) in [6.45, 7) is 4.13. The van der Waals surface area contributed by atoms with Crippen molar-refractivity contribution in [3.8, 4) is 0 Å². The number of hydrogen-bond donors (Lipinski definition) is 1. The summed E-state index contributed by atoms with van der Waals surface area (Å²) in [5.41, 5.74) is 4.02. The van der Waals surface area contributed by atoms with Gasteiger partial charge < -0.3 is 9.84 Å². The summed E-state index contributed by atoms with van der Waals surface area (Å²) in [6, 6.07) is 16.6. The van der Waals surface area contributed by atoms with E-state index in [4.69, 9.17) is 4.74 Å². The van der Waals surface area contributed by atoms with Gasteiger partial charge in [0.25, 0.3) is 0 Å². The maximum atomic E-state index is 10.5. The lowest BCUT2D eigenvalue weighted by molar-refractivity contribution is 0.0327. The standard InChI is InChI=1S/C18H20O2/c1-12-4-8-14(9-5-12)16-17(19)18(16,20-3)15-10-6-13(2)7-11-15/h4-11,16-17,19H,1-3H3/t16-,17?,18?/m0/s1. The second kappa shape index (κ2) is 4.72. The Balaban J connectivity index is 1.98. The van der Waals surface area contributed by atoms with Crippen molar-refractivity contribution in [1.82, 2.24) is 0 Å². The highest BCUT2D eigenvalue weighted by molar-refractivity contribution is 5.45. The van der Waals surface area contributed by atoms with Crippen LogP contribution in [0.2, 0.25) is 0 Å². The van der Waals surface area contributed by atoms with Gasteiger partial charge in [-0.1, -0.05) is 59.7 Å². The van der Waals surface area contributed by atoms with Crippen LogP contribution in [0, 0.1) is 13.8 Å². The Bertz CT molecular complexity index is 600. The van der Waals surface area contributed by atoms with E-state index in [0.717, 1.165) is 11.1 Å². The van der Waals surface area contributed by atoms with Gasteiger partial charge in [-0.3, -0.25) is 0 Å². The lowest BCUT2D eigenvalue weighted by Gasteiger charge is -2.16. The van der Waals surface area contributed by atoms with E-state index >= 15 is 0 Å². The smallest absolute Gasteiger partial charge is 0.129 e. The Hall–Kier alpha value is -1.64. The van der Waals surface area contributed by atoms with Crippen molar-refractivity contribution < 1.29 is 9.84 Å².